The first-order valence-corrected chi connectivity index (χ1v) is 10.0. The lowest BCUT2D eigenvalue weighted by Gasteiger charge is -2.12. The van der Waals surface area contributed by atoms with Crippen molar-refractivity contribution in [2.24, 2.45) is 0 Å². The number of amides is 1. The second kappa shape index (κ2) is 9.37. The van der Waals surface area contributed by atoms with Crippen LogP contribution in [0.15, 0.2) is 47.8 Å². The summed E-state index contributed by atoms with van der Waals surface area (Å²) in [6.07, 6.45) is 0. The highest BCUT2D eigenvalue weighted by atomic mass is 32.1. The predicted octanol–water partition coefficient (Wildman–Crippen LogP) is 4.46. The van der Waals surface area contributed by atoms with Crippen LogP contribution in [0.25, 0.3) is 0 Å². The van der Waals surface area contributed by atoms with Gasteiger partial charge in [-0.2, -0.15) is 0 Å². The summed E-state index contributed by atoms with van der Waals surface area (Å²) in [5.74, 6) is 1.46. The third-order valence-electron chi connectivity index (χ3n) is 4.21. The van der Waals surface area contributed by atoms with Crippen LogP contribution < -0.4 is 14.8 Å². The molecule has 0 atom stereocenters. The van der Waals surface area contributed by atoms with Crippen LogP contribution in [0.5, 0.6) is 11.5 Å². The van der Waals surface area contributed by atoms with E-state index in [1.807, 2.05) is 44.4 Å². The summed E-state index contributed by atoms with van der Waals surface area (Å²) in [6.45, 7) is 7.28. The zero-order chi connectivity index (χ0) is 19.9. The molecule has 0 spiro atoms. The van der Waals surface area contributed by atoms with Crippen LogP contribution in [0.2, 0.25) is 0 Å². The monoisotopic (exact) mass is 396 g/mol. The number of aromatic nitrogens is 1. The van der Waals surface area contributed by atoms with Crippen molar-refractivity contribution < 1.29 is 14.3 Å². The summed E-state index contributed by atoms with van der Waals surface area (Å²) < 4.78 is 11.5. The van der Waals surface area contributed by atoms with Crippen LogP contribution >= 0.6 is 11.3 Å². The van der Waals surface area contributed by atoms with Crippen molar-refractivity contribution in [3.63, 3.8) is 0 Å². The molecule has 3 rings (SSSR count). The normalized spacial score (nSPS) is 10.5. The quantitative estimate of drug-likeness (QED) is 0.571. The fraction of sp³-hybridized carbons (Fsp3) is 0.273. The van der Waals surface area contributed by atoms with Crippen molar-refractivity contribution >= 4 is 17.2 Å². The number of rotatable bonds is 8. The van der Waals surface area contributed by atoms with Crippen LogP contribution in [-0.2, 0) is 6.61 Å². The minimum atomic E-state index is -0.133. The van der Waals surface area contributed by atoms with E-state index in [9.17, 15) is 4.79 Å². The lowest BCUT2D eigenvalue weighted by atomic mass is 10.1. The van der Waals surface area contributed by atoms with E-state index in [1.165, 1.54) is 0 Å². The Hall–Kier alpha value is -2.86. The topological polar surface area (TPSA) is 60.5 Å². The summed E-state index contributed by atoms with van der Waals surface area (Å²) in [5.41, 5.74) is 3.68. The molecule has 3 aromatic rings. The molecule has 1 amide bonds. The summed E-state index contributed by atoms with van der Waals surface area (Å²) in [7, 11) is 0. The Morgan fingerprint density at radius 1 is 1.04 bits per heavy atom. The zero-order valence-corrected chi connectivity index (χ0v) is 17.1. The molecule has 0 unspecified atom stereocenters. The molecule has 0 fully saturated rings. The molecule has 28 heavy (non-hydrogen) atoms. The summed E-state index contributed by atoms with van der Waals surface area (Å²) >= 11 is 1.60. The molecule has 1 heterocycles. The van der Waals surface area contributed by atoms with Gasteiger partial charge in [0.25, 0.3) is 5.91 Å². The molecule has 5 nitrogen and oxygen atoms in total. The molecule has 146 valence electrons. The number of benzene rings is 2. The van der Waals surface area contributed by atoms with Gasteiger partial charge in [0.05, 0.1) is 17.2 Å². The average molecular weight is 397 g/mol. The van der Waals surface area contributed by atoms with Crippen molar-refractivity contribution in [1.29, 1.82) is 0 Å². The third-order valence-corrected chi connectivity index (χ3v) is 5.03. The summed E-state index contributed by atoms with van der Waals surface area (Å²) in [4.78, 5) is 16.6. The highest BCUT2D eigenvalue weighted by Gasteiger charge is 2.07. The number of carbonyl (C=O) groups excluding carboxylic acids is 1. The number of carbonyl (C=O) groups is 1. The van der Waals surface area contributed by atoms with E-state index in [4.69, 9.17) is 9.47 Å². The molecule has 0 aliphatic carbocycles. The first-order valence-electron chi connectivity index (χ1n) is 9.14. The van der Waals surface area contributed by atoms with Crippen LogP contribution in [0.3, 0.4) is 0 Å². The lowest BCUT2D eigenvalue weighted by molar-refractivity contribution is 0.0947. The van der Waals surface area contributed by atoms with Gasteiger partial charge in [-0.05, 0) is 56.2 Å². The molecule has 1 aromatic heterocycles. The molecule has 0 aliphatic rings. The van der Waals surface area contributed by atoms with E-state index >= 15 is 0 Å². The number of nitrogens with zero attached hydrogens (tertiary/aromatic N) is 1. The van der Waals surface area contributed by atoms with Crippen LogP contribution in [-0.4, -0.2) is 24.0 Å². The number of hydrogen-bond donors (Lipinski definition) is 1. The number of ether oxygens (including phenoxy) is 2. The van der Waals surface area contributed by atoms with Crippen LogP contribution in [0.4, 0.5) is 0 Å². The maximum atomic E-state index is 12.3. The number of para-hydroxylation sites is 1. The van der Waals surface area contributed by atoms with Crippen molar-refractivity contribution in [2.75, 3.05) is 13.2 Å². The molecule has 1 N–H and O–H groups in total. The van der Waals surface area contributed by atoms with Crippen LogP contribution in [0, 0.1) is 20.8 Å². The Balaban J connectivity index is 1.44. The Bertz CT molecular complexity index is 915. The molecular formula is C22H24N2O3S. The van der Waals surface area contributed by atoms with E-state index in [0.717, 1.165) is 27.6 Å². The minimum absolute atomic E-state index is 0.133. The van der Waals surface area contributed by atoms with Crippen molar-refractivity contribution in [1.82, 2.24) is 10.3 Å². The largest absolute Gasteiger partial charge is 0.491 e. The summed E-state index contributed by atoms with van der Waals surface area (Å²) in [5, 5.41) is 5.88. The van der Waals surface area contributed by atoms with Gasteiger partial charge in [-0.15, -0.1) is 11.3 Å². The third kappa shape index (κ3) is 5.33. The standard InChI is InChI=1S/C22H24N2O3S/c1-15-5-4-6-16(2)21(15)26-12-11-23-22(25)18-7-9-20(10-8-18)27-13-19-14-28-17(3)24-19/h4-10,14H,11-13H2,1-3H3,(H,23,25). The molecule has 0 bridgehead atoms. The predicted molar refractivity (Wildman–Crippen MR) is 111 cm³/mol. The number of aryl methyl sites for hydroxylation is 3. The Morgan fingerprint density at radius 2 is 1.75 bits per heavy atom. The number of thiazole rings is 1. The van der Waals surface area contributed by atoms with E-state index < -0.39 is 0 Å². The van der Waals surface area contributed by atoms with Crippen molar-refractivity contribution in [3.05, 3.63) is 75.2 Å². The Morgan fingerprint density at radius 3 is 2.39 bits per heavy atom. The van der Waals surface area contributed by atoms with Crippen LogP contribution in [0.1, 0.15) is 32.2 Å². The number of nitrogens with one attached hydrogen (secondary N) is 1. The lowest BCUT2D eigenvalue weighted by Crippen LogP contribution is -2.28. The molecule has 2 aromatic carbocycles. The molecule has 0 aliphatic heterocycles. The van der Waals surface area contributed by atoms with Gasteiger partial charge in [0.1, 0.15) is 24.7 Å². The van der Waals surface area contributed by atoms with Gasteiger partial charge in [0, 0.05) is 10.9 Å². The maximum Gasteiger partial charge on any atom is 0.251 e. The molecule has 0 saturated heterocycles. The Kier molecular flexibility index (Phi) is 6.66. The molecule has 0 saturated carbocycles. The molecule has 0 radical (unpaired) electrons. The van der Waals surface area contributed by atoms with E-state index in [2.05, 4.69) is 10.3 Å². The van der Waals surface area contributed by atoms with Gasteiger partial charge in [-0.3, -0.25) is 4.79 Å². The van der Waals surface area contributed by atoms with Gasteiger partial charge < -0.3 is 14.8 Å². The SMILES string of the molecule is Cc1nc(COc2ccc(C(=O)NCCOc3c(C)cccc3C)cc2)cs1. The van der Waals surface area contributed by atoms with Gasteiger partial charge in [0.15, 0.2) is 0 Å². The Labute approximate surface area is 169 Å². The van der Waals surface area contributed by atoms with Gasteiger partial charge in [-0.25, -0.2) is 4.98 Å². The minimum Gasteiger partial charge on any atom is -0.491 e. The average Bonchev–Trinajstić information content (AvgIpc) is 3.11. The molecule has 6 heteroatoms. The van der Waals surface area contributed by atoms with E-state index in [0.29, 0.717) is 31.1 Å². The first-order chi connectivity index (χ1) is 13.5. The fourth-order valence-electron chi connectivity index (χ4n) is 2.78. The van der Waals surface area contributed by atoms with E-state index in [1.54, 1.807) is 35.6 Å². The van der Waals surface area contributed by atoms with E-state index in [-0.39, 0.29) is 5.91 Å². The highest BCUT2D eigenvalue weighted by molar-refractivity contribution is 7.09. The van der Waals surface area contributed by atoms with Gasteiger partial charge in [0.2, 0.25) is 0 Å². The number of hydrogen-bond acceptors (Lipinski definition) is 5. The van der Waals surface area contributed by atoms with Crippen molar-refractivity contribution in [2.45, 2.75) is 27.4 Å². The second-order valence-electron chi connectivity index (χ2n) is 6.50. The fourth-order valence-corrected chi connectivity index (χ4v) is 3.38. The smallest absolute Gasteiger partial charge is 0.251 e. The van der Waals surface area contributed by atoms with Gasteiger partial charge >= 0.3 is 0 Å². The van der Waals surface area contributed by atoms with Crippen molar-refractivity contribution in [3.8, 4) is 11.5 Å². The highest BCUT2D eigenvalue weighted by Crippen LogP contribution is 2.22. The first kappa shape index (κ1) is 19.9. The van der Waals surface area contributed by atoms with Gasteiger partial charge in [-0.1, -0.05) is 18.2 Å². The zero-order valence-electron chi connectivity index (χ0n) is 16.3. The summed E-state index contributed by atoms with van der Waals surface area (Å²) in [6, 6.07) is 13.1. The maximum absolute atomic E-state index is 12.3. The second-order valence-corrected chi connectivity index (χ2v) is 7.56. The molecular weight excluding hydrogens is 372 g/mol.